The fraction of sp³-hybridized carbons (Fsp3) is 0.200. The van der Waals surface area contributed by atoms with Crippen molar-refractivity contribution in [1.29, 1.82) is 0 Å². The zero-order valence-corrected chi connectivity index (χ0v) is 7.61. The van der Waals surface area contributed by atoms with Crippen LogP contribution >= 0.6 is 0 Å². The molecule has 0 aliphatic heterocycles. The number of hydrogen-bond donors (Lipinski definition) is 0. The highest BCUT2D eigenvalue weighted by Crippen LogP contribution is 2.20. The van der Waals surface area contributed by atoms with Crippen LogP contribution in [0.5, 0.6) is 0 Å². The molecule has 0 bridgehead atoms. The van der Waals surface area contributed by atoms with Gasteiger partial charge < -0.3 is 4.42 Å². The van der Waals surface area contributed by atoms with Gasteiger partial charge in [0.25, 0.3) is 0 Å². The SMILES string of the molecule is Cc1ccc(-c2nccnc2C)o1. The van der Waals surface area contributed by atoms with Crippen molar-refractivity contribution in [2.45, 2.75) is 13.8 Å². The van der Waals surface area contributed by atoms with Crippen LogP contribution in [0.25, 0.3) is 11.5 Å². The van der Waals surface area contributed by atoms with E-state index in [4.69, 9.17) is 4.42 Å². The molecule has 0 fully saturated rings. The van der Waals surface area contributed by atoms with Gasteiger partial charge in [0.15, 0.2) is 5.76 Å². The van der Waals surface area contributed by atoms with E-state index in [2.05, 4.69) is 9.97 Å². The number of nitrogens with zero attached hydrogens (tertiary/aromatic N) is 2. The molecule has 0 atom stereocenters. The summed E-state index contributed by atoms with van der Waals surface area (Å²) in [6.45, 7) is 3.83. The standard InChI is InChI=1S/C10H10N2O/c1-7-3-4-9(13-7)10-8(2)11-5-6-12-10/h3-6H,1-2H3. The molecule has 0 saturated heterocycles. The van der Waals surface area contributed by atoms with Crippen LogP contribution in [0.15, 0.2) is 28.9 Å². The van der Waals surface area contributed by atoms with Gasteiger partial charge in [-0.2, -0.15) is 0 Å². The second-order valence-electron chi connectivity index (χ2n) is 2.90. The van der Waals surface area contributed by atoms with Gasteiger partial charge in [-0.1, -0.05) is 0 Å². The van der Waals surface area contributed by atoms with E-state index in [9.17, 15) is 0 Å². The van der Waals surface area contributed by atoms with Gasteiger partial charge in [0.05, 0.1) is 5.69 Å². The normalized spacial score (nSPS) is 10.3. The molecule has 0 spiro atoms. The Labute approximate surface area is 76.5 Å². The summed E-state index contributed by atoms with van der Waals surface area (Å²) in [6.07, 6.45) is 3.34. The molecule has 0 radical (unpaired) electrons. The van der Waals surface area contributed by atoms with Crippen molar-refractivity contribution < 1.29 is 4.42 Å². The molecule has 2 rings (SSSR count). The minimum atomic E-state index is 0.781. The van der Waals surface area contributed by atoms with E-state index in [1.165, 1.54) is 0 Å². The summed E-state index contributed by atoms with van der Waals surface area (Å²) in [6, 6.07) is 3.83. The number of aromatic nitrogens is 2. The molecule has 2 heterocycles. The van der Waals surface area contributed by atoms with E-state index in [0.717, 1.165) is 22.9 Å². The first-order valence-electron chi connectivity index (χ1n) is 4.12. The summed E-state index contributed by atoms with van der Waals surface area (Å²) in [7, 11) is 0. The van der Waals surface area contributed by atoms with Crippen molar-refractivity contribution in [2.24, 2.45) is 0 Å². The molecule has 0 unspecified atom stereocenters. The fourth-order valence-electron chi connectivity index (χ4n) is 1.21. The molecule has 0 saturated carbocycles. The molecule has 3 nitrogen and oxygen atoms in total. The molecule has 0 N–H and O–H groups in total. The summed E-state index contributed by atoms with van der Waals surface area (Å²) < 4.78 is 5.45. The molecular weight excluding hydrogens is 164 g/mol. The molecule has 2 aromatic rings. The largest absolute Gasteiger partial charge is 0.460 e. The molecule has 0 aromatic carbocycles. The van der Waals surface area contributed by atoms with Crippen molar-refractivity contribution in [3.05, 3.63) is 36.0 Å². The lowest BCUT2D eigenvalue weighted by Crippen LogP contribution is -1.88. The lowest BCUT2D eigenvalue weighted by molar-refractivity contribution is 0.545. The van der Waals surface area contributed by atoms with Crippen molar-refractivity contribution >= 4 is 0 Å². The Morgan fingerprint density at radius 1 is 1.08 bits per heavy atom. The van der Waals surface area contributed by atoms with Crippen molar-refractivity contribution in [2.75, 3.05) is 0 Å². The second kappa shape index (κ2) is 3.01. The summed E-state index contributed by atoms with van der Waals surface area (Å²) in [5, 5.41) is 0. The number of rotatable bonds is 1. The van der Waals surface area contributed by atoms with Crippen LogP contribution in [-0.4, -0.2) is 9.97 Å². The van der Waals surface area contributed by atoms with Crippen LogP contribution in [0.2, 0.25) is 0 Å². The topological polar surface area (TPSA) is 38.9 Å². The summed E-state index contributed by atoms with van der Waals surface area (Å²) in [5.74, 6) is 1.67. The number of aryl methyl sites for hydroxylation is 2. The smallest absolute Gasteiger partial charge is 0.154 e. The van der Waals surface area contributed by atoms with Crippen molar-refractivity contribution in [3.8, 4) is 11.5 Å². The number of furan rings is 1. The average Bonchev–Trinajstić information content (AvgIpc) is 2.53. The first-order chi connectivity index (χ1) is 6.27. The lowest BCUT2D eigenvalue weighted by atomic mass is 10.2. The van der Waals surface area contributed by atoms with Crippen LogP contribution in [0.3, 0.4) is 0 Å². The summed E-state index contributed by atoms with van der Waals surface area (Å²) >= 11 is 0. The Bertz CT molecular complexity index is 420. The van der Waals surface area contributed by atoms with E-state index in [1.807, 2.05) is 26.0 Å². The molecule has 13 heavy (non-hydrogen) atoms. The zero-order chi connectivity index (χ0) is 9.26. The van der Waals surface area contributed by atoms with Gasteiger partial charge in [-0.3, -0.25) is 4.98 Å². The van der Waals surface area contributed by atoms with Gasteiger partial charge in [-0.05, 0) is 26.0 Å². The minimum absolute atomic E-state index is 0.781. The third-order valence-corrected chi connectivity index (χ3v) is 1.85. The van der Waals surface area contributed by atoms with Crippen LogP contribution in [-0.2, 0) is 0 Å². The van der Waals surface area contributed by atoms with Gasteiger partial charge in [0.2, 0.25) is 0 Å². The summed E-state index contributed by atoms with van der Waals surface area (Å²) in [5.41, 5.74) is 1.70. The zero-order valence-electron chi connectivity index (χ0n) is 7.61. The maximum absolute atomic E-state index is 5.45. The predicted octanol–water partition coefficient (Wildman–Crippen LogP) is 2.35. The van der Waals surface area contributed by atoms with E-state index in [0.29, 0.717) is 0 Å². The van der Waals surface area contributed by atoms with Gasteiger partial charge >= 0.3 is 0 Å². The first kappa shape index (κ1) is 7.98. The van der Waals surface area contributed by atoms with Crippen molar-refractivity contribution in [1.82, 2.24) is 9.97 Å². The van der Waals surface area contributed by atoms with Crippen LogP contribution in [0.4, 0.5) is 0 Å². The summed E-state index contributed by atoms with van der Waals surface area (Å²) in [4.78, 5) is 8.35. The lowest BCUT2D eigenvalue weighted by Gasteiger charge is -1.98. The van der Waals surface area contributed by atoms with Crippen molar-refractivity contribution in [3.63, 3.8) is 0 Å². The van der Waals surface area contributed by atoms with E-state index >= 15 is 0 Å². The first-order valence-corrected chi connectivity index (χ1v) is 4.12. The van der Waals surface area contributed by atoms with Gasteiger partial charge in [-0.15, -0.1) is 0 Å². The maximum Gasteiger partial charge on any atom is 0.154 e. The molecule has 0 amide bonds. The predicted molar refractivity (Wildman–Crippen MR) is 49.2 cm³/mol. The Balaban J connectivity index is 2.52. The molecule has 0 aliphatic rings. The van der Waals surface area contributed by atoms with E-state index < -0.39 is 0 Å². The molecule has 66 valence electrons. The Hall–Kier alpha value is -1.64. The molecule has 2 aromatic heterocycles. The number of hydrogen-bond acceptors (Lipinski definition) is 3. The highest BCUT2D eigenvalue weighted by molar-refractivity contribution is 5.54. The monoisotopic (exact) mass is 174 g/mol. The second-order valence-corrected chi connectivity index (χ2v) is 2.90. The van der Waals surface area contributed by atoms with Gasteiger partial charge in [0.1, 0.15) is 11.5 Å². The highest BCUT2D eigenvalue weighted by Gasteiger charge is 2.06. The molecule has 3 heteroatoms. The third kappa shape index (κ3) is 1.45. The molecule has 0 aliphatic carbocycles. The molecular formula is C10H10N2O. The van der Waals surface area contributed by atoms with Gasteiger partial charge in [0, 0.05) is 12.4 Å². The Morgan fingerprint density at radius 3 is 2.46 bits per heavy atom. The quantitative estimate of drug-likeness (QED) is 0.666. The van der Waals surface area contributed by atoms with Crippen LogP contribution in [0.1, 0.15) is 11.5 Å². The van der Waals surface area contributed by atoms with E-state index in [-0.39, 0.29) is 0 Å². The third-order valence-electron chi connectivity index (χ3n) is 1.85. The Morgan fingerprint density at radius 2 is 1.85 bits per heavy atom. The maximum atomic E-state index is 5.45. The fourth-order valence-corrected chi connectivity index (χ4v) is 1.21. The van der Waals surface area contributed by atoms with Crippen LogP contribution in [0, 0.1) is 13.8 Å². The van der Waals surface area contributed by atoms with Crippen LogP contribution < -0.4 is 0 Å². The Kier molecular flexibility index (Phi) is 1.85. The van der Waals surface area contributed by atoms with E-state index in [1.54, 1.807) is 12.4 Å². The average molecular weight is 174 g/mol. The van der Waals surface area contributed by atoms with Gasteiger partial charge in [-0.25, -0.2) is 4.98 Å². The minimum Gasteiger partial charge on any atom is -0.460 e. The highest BCUT2D eigenvalue weighted by atomic mass is 16.3.